The summed E-state index contributed by atoms with van der Waals surface area (Å²) >= 11 is 0. The molecule has 0 radical (unpaired) electrons. The maximum absolute atomic E-state index is 13.3. The SMILES string of the molecule is Nc1ccc(NC(=O)Nc2cc(F)ccc2F)cc1. The van der Waals surface area contributed by atoms with Gasteiger partial charge in [0.1, 0.15) is 11.6 Å². The Labute approximate surface area is 108 Å². The predicted octanol–water partition coefficient (Wildman–Crippen LogP) is 3.19. The lowest BCUT2D eigenvalue weighted by Gasteiger charge is -2.08. The molecule has 0 unspecified atom stereocenters. The molecule has 0 saturated carbocycles. The Hall–Kier alpha value is -2.63. The lowest BCUT2D eigenvalue weighted by Crippen LogP contribution is -2.20. The van der Waals surface area contributed by atoms with Crippen molar-refractivity contribution in [1.29, 1.82) is 0 Å². The second-order valence-corrected chi connectivity index (χ2v) is 3.83. The minimum atomic E-state index is -0.714. The van der Waals surface area contributed by atoms with Crippen molar-refractivity contribution < 1.29 is 13.6 Å². The molecular weight excluding hydrogens is 252 g/mol. The minimum Gasteiger partial charge on any atom is -0.399 e. The van der Waals surface area contributed by atoms with Crippen LogP contribution in [0, 0.1) is 11.6 Å². The zero-order valence-corrected chi connectivity index (χ0v) is 9.78. The summed E-state index contributed by atoms with van der Waals surface area (Å²) in [6.07, 6.45) is 0. The maximum atomic E-state index is 13.3. The van der Waals surface area contributed by atoms with Crippen molar-refractivity contribution in [2.24, 2.45) is 0 Å². The van der Waals surface area contributed by atoms with Crippen molar-refractivity contribution in [3.05, 3.63) is 54.1 Å². The van der Waals surface area contributed by atoms with Crippen LogP contribution >= 0.6 is 0 Å². The van der Waals surface area contributed by atoms with Gasteiger partial charge >= 0.3 is 6.03 Å². The van der Waals surface area contributed by atoms with Gasteiger partial charge in [-0.15, -0.1) is 0 Å². The molecule has 2 aromatic carbocycles. The summed E-state index contributed by atoms with van der Waals surface area (Å²) in [5.74, 6) is -1.35. The van der Waals surface area contributed by atoms with Crippen LogP contribution in [0.4, 0.5) is 30.6 Å². The molecule has 2 aromatic rings. The highest BCUT2D eigenvalue weighted by molar-refractivity contribution is 5.99. The van der Waals surface area contributed by atoms with Gasteiger partial charge in [0.15, 0.2) is 0 Å². The molecule has 0 bridgehead atoms. The van der Waals surface area contributed by atoms with Crippen LogP contribution in [0.15, 0.2) is 42.5 Å². The molecule has 0 aliphatic rings. The molecule has 0 atom stereocenters. The van der Waals surface area contributed by atoms with E-state index in [4.69, 9.17) is 5.73 Å². The third-order valence-corrected chi connectivity index (χ3v) is 2.35. The van der Waals surface area contributed by atoms with Gasteiger partial charge in [-0.3, -0.25) is 0 Å². The Morgan fingerprint density at radius 1 is 1.00 bits per heavy atom. The maximum Gasteiger partial charge on any atom is 0.323 e. The molecule has 0 spiro atoms. The molecule has 98 valence electrons. The Morgan fingerprint density at radius 2 is 1.68 bits per heavy atom. The van der Waals surface area contributed by atoms with Gasteiger partial charge in [-0.25, -0.2) is 13.6 Å². The largest absolute Gasteiger partial charge is 0.399 e. The molecule has 0 aromatic heterocycles. The van der Waals surface area contributed by atoms with Gasteiger partial charge in [0.2, 0.25) is 0 Å². The lowest BCUT2D eigenvalue weighted by atomic mass is 10.3. The molecular formula is C13H11F2N3O. The molecule has 2 amide bonds. The van der Waals surface area contributed by atoms with Crippen LogP contribution in [0.2, 0.25) is 0 Å². The van der Waals surface area contributed by atoms with E-state index in [1.807, 2.05) is 0 Å². The fourth-order valence-electron chi connectivity index (χ4n) is 1.44. The van der Waals surface area contributed by atoms with E-state index in [0.717, 1.165) is 18.2 Å². The third-order valence-electron chi connectivity index (χ3n) is 2.35. The number of rotatable bonds is 2. The number of benzene rings is 2. The molecule has 0 heterocycles. The standard InChI is InChI=1S/C13H11F2N3O/c14-8-1-6-11(15)12(7-8)18-13(19)17-10-4-2-9(16)3-5-10/h1-7H,16H2,(H2,17,18,19). The number of carbonyl (C=O) groups is 1. The number of halogens is 2. The average Bonchev–Trinajstić information content (AvgIpc) is 2.37. The quantitative estimate of drug-likeness (QED) is 0.728. The highest BCUT2D eigenvalue weighted by atomic mass is 19.1. The van der Waals surface area contributed by atoms with Gasteiger partial charge in [-0.05, 0) is 36.4 Å². The van der Waals surface area contributed by atoms with Crippen LogP contribution in [-0.2, 0) is 0 Å². The van der Waals surface area contributed by atoms with E-state index in [1.165, 1.54) is 0 Å². The summed E-state index contributed by atoms with van der Waals surface area (Å²) in [5.41, 5.74) is 6.32. The van der Waals surface area contributed by atoms with Gasteiger partial charge in [0, 0.05) is 17.4 Å². The van der Waals surface area contributed by atoms with Crippen LogP contribution < -0.4 is 16.4 Å². The minimum absolute atomic E-state index is 0.229. The van der Waals surface area contributed by atoms with Crippen molar-refractivity contribution in [2.45, 2.75) is 0 Å². The highest BCUT2D eigenvalue weighted by Gasteiger charge is 2.08. The van der Waals surface area contributed by atoms with E-state index in [1.54, 1.807) is 24.3 Å². The summed E-state index contributed by atoms with van der Waals surface area (Å²) < 4.78 is 26.2. The van der Waals surface area contributed by atoms with E-state index < -0.39 is 17.7 Å². The molecule has 6 heteroatoms. The van der Waals surface area contributed by atoms with Crippen molar-refractivity contribution in [1.82, 2.24) is 0 Å². The number of carbonyl (C=O) groups excluding carboxylic acids is 1. The van der Waals surface area contributed by atoms with Crippen molar-refractivity contribution in [2.75, 3.05) is 16.4 Å². The molecule has 2 rings (SSSR count). The summed E-state index contributed by atoms with van der Waals surface area (Å²) in [6.45, 7) is 0. The van der Waals surface area contributed by atoms with Crippen LogP contribution in [0.3, 0.4) is 0 Å². The second kappa shape index (κ2) is 5.34. The summed E-state index contributed by atoms with van der Waals surface area (Å²) in [5, 5.41) is 4.69. The highest BCUT2D eigenvalue weighted by Crippen LogP contribution is 2.16. The van der Waals surface area contributed by atoms with E-state index in [9.17, 15) is 13.6 Å². The van der Waals surface area contributed by atoms with E-state index in [2.05, 4.69) is 10.6 Å². The monoisotopic (exact) mass is 263 g/mol. The zero-order chi connectivity index (χ0) is 13.8. The van der Waals surface area contributed by atoms with E-state index >= 15 is 0 Å². The van der Waals surface area contributed by atoms with Gasteiger partial charge < -0.3 is 16.4 Å². The smallest absolute Gasteiger partial charge is 0.323 e. The first-order valence-corrected chi connectivity index (χ1v) is 5.43. The first kappa shape index (κ1) is 12.8. The lowest BCUT2D eigenvalue weighted by molar-refractivity contribution is 0.262. The van der Waals surface area contributed by atoms with Crippen LogP contribution in [0.25, 0.3) is 0 Å². The number of hydrogen-bond acceptors (Lipinski definition) is 2. The Balaban J connectivity index is 2.05. The molecule has 0 saturated heterocycles. The van der Waals surface area contributed by atoms with E-state index in [0.29, 0.717) is 11.4 Å². The van der Waals surface area contributed by atoms with Crippen molar-refractivity contribution in [3.63, 3.8) is 0 Å². The molecule has 0 fully saturated rings. The van der Waals surface area contributed by atoms with Crippen molar-refractivity contribution in [3.8, 4) is 0 Å². The molecule has 19 heavy (non-hydrogen) atoms. The first-order chi connectivity index (χ1) is 9.04. The number of anilines is 3. The van der Waals surface area contributed by atoms with Crippen LogP contribution in [-0.4, -0.2) is 6.03 Å². The van der Waals surface area contributed by atoms with Gasteiger partial charge in [0.25, 0.3) is 0 Å². The fraction of sp³-hybridized carbons (Fsp3) is 0. The van der Waals surface area contributed by atoms with Gasteiger partial charge in [-0.2, -0.15) is 0 Å². The number of hydrogen-bond donors (Lipinski definition) is 3. The van der Waals surface area contributed by atoms with Gasteiger partial charge in [0.05, 0.1) is 5.69 Å². The topological polar surface area (TPSA) is 67.1 Å². The summed E-state index contributed by atoms with van der Waals surface area (Å²) in [4.78, 5) is 11.6. The Bertz CT molecular complexity index is 599. The fourth-order valence-corrected chi connectivity index (χ4v) is 1.44. The summed E-state index contributed by atoms with van der Waals surface area (Å²) in [7, 11) is 0. The third kappa shape index (κ3) is 3.41. The molecule has 0 aliphatic heterocycles. The van der Waals surface area contributed by atoms with Gasteiger partial charge in [-0.1, -0.05) is 0 Å². The number of nitrogens with two attached hydrogens (primary N) is 1. The van der Waals surface area contributed by atoms with Crippen LogP contribution in [0.5, 0.6) is 0 Å². The number of nitrogen functional groups attached to an aromatic ring is 1. The molecule has 4 nitrogen and oxygen atoms in total. The Kier molecular flexibility index (Phi) is 3.61. The summed E-state index contributed by atoms with van der Waals surface area (Å²) in [6, 6.07) is 8.55. The zero-order valence-electron chi connectivity index (χ0n) is 9.78. The first-order valence-electron chi connectivity index (χ1n) is 5.43. The molecule has 0 aliphatic carbocycles. The van der Waals surface area contributed by atoms with Crippen molar-refractivity contribution >= 4 is 23.1 Å². The van der Waals surface area contributed by atoms with E-state index in [-0.39, 0.29) is 5.69 Å². The normalized spacial score (nSPS) is 10.0. The number of urea groups is 1. The number of nitrogens with one attached hydrogen (secondary N) is 2. The number of amides is 2. The predicted molar refractivity (Wildman–Crippen MR) is 69.9 cm³/mol. The second-order valence-electron chi connectivity index (χ2n) is 3.83. The van der Waals surface area contributed by atoms with Crippen LogP contribution in [0.1, 0.15) is 0 Å². The average molecular weight is 263 g/mol. The molecule has 4 N–H and O–H groups in total. The Morgan fingerprint density at radius 3 is 2.37 bits per heavy atom.